The Balaban J connectivity index is 2.29. The fourth-order valence-corrected chi connectivity index (χ4v) is 2.89. The molecule has 0 bridgehead atoms. The third-order valence-electron chi connectivity index (χ3n) is 4.92. The first kappa shape index (κ1) is 20.8. The number of halogens is 2. The van der Waals surface area contributed by atoms with E-state index in [1.54, 1.807) is 0 Å². The van der Waals surface area contributed by atoms with Gasteiger partial charge in [0.05, 0.1) is 0 Å². The first-order valence-electron chi connectivity index (χ1n) is 9.45. The van der Waals surface area contributed by atoms with Gasteiger partial charge in [-0.3, -0.25) is 0 Å². The van der Waals surface area contributed by atoms with Gasteiger partial charge in [-0.2, -0.15) is 0 Å². The van der Waals surface area contributed by atoms with Crippen LogP contribution >= 0.6 is 0 Å². The highest BCUT2D eigenvalue weighted by atomic mass is 19.1. The zero-order valence-corrected chi connectivity index (χ0v) is 16.4. The van der Waals surface area contributed by atoms with Crippen LogP contribution in [0, 0.1) is 17.6 Å². The number of benzene rings is 2. The highest BCUT2D eigenvalue weighted by Gasteiger charge is 2.10. The average molecular weight is 366 g/mol. The summed E-state index contributed by atoms with van der Waals surface area (Å²) in [7, 11) is 0. The van der Waals surface area contributed by atoms with Gasteiger partial charge in [-0.1, -0.05) is 74.1 Å². The molecule has 27 heavy (non-hydrogen) atoms. The van der Waals surface area contributed by atoms with Gasteiger partial charge in [-0.05, 0) is 61.4 Å². The molecular formula is C25H28F2. The molecule has 0 aromatic heterocycles. The molecule has 0 heterocycles. The summed E-state index contributed by atoms with van der Waals surface area (Å²) in [6, 6.07) is 13.7. The largest absolute Gasteiger partial charge is 0.207 e. The van der Waals surface area contributed by atoms with Gasteiger partial charge in [-0.25, -0.2) is 8.78 Å². The van der Waals surface area contributed by atoms with Crippen LogP contribution in [0.4, 0.5) is 8.78 Å². The van der Waals surface area contributed by atoms with Crippen LogP contribution in [-0.4, -0.2) is 0 Å². The van der Waals surface area contributed by atoms with Crippen molar-refractivity contribution in [3.63, 3.8) is 0 Å². The lowest BCUT2D eigenvalue weighted by atomic mass is 9.93. The predicted octanol–water partition coefficient (Wildman–Crippen LogP) is 7.53. The van der Waals surface area contributed by atoms with Crippen molar-refractivity contribution in [2.75, 3.05) is 0 Å². The molecule has 0 aliphatic rings. The molecule has 0 saturated carbocycles. The van der Waals surface area contributed by atoms with Crippen LogP contribution in [0.25, 0.3) is 5.57 Å². The monoisotopic (exact) mass is 366 g/mol. The minimum absolute atomic E-state index is 0.296. The second kappa shape index (κ2) is 10.0. The summed E-state index contributed by atoms with van der Waals surface area (Å²) in [5, 5.41) is 0. The summed E-state index contributed by atoms with van der Waals surface area (Å²) < 4.78 is 28.1. The van der Waals surface area contributed by atoms with Crippen molar-refractivity contribution in [1.29, 1.82) is 0 Å². The molecule has 0 amide bonds. The van der Waals surface area contributed by atoms with Crippen molar-refractivity contribution >= 4 is 5.57 Å². The van der Waals surface area contributed by atoms with Gasteiger partial charge in [-0.15, -0.1) is 0 Å². The number of hydrogen-bond donors (Lipinski definition) is 0. The Morgan fingerprint density at radius 3 is 2.48 bits per heavy atom. The van der Waals surface area contributed by atoms with Gasteiger partial charge in [0.1, 0.15) is 11.6 Å². The average Bonchev–Trinajstić information content (AvgIpc) is 2.67. The van der Waals surface area contributed by atoms with E-state index in [0.717, 1.165) is 30.1 Å². The highest BCUT2D eigenvalue weighted by molar-refractivity contribution is 5.75. The maximum absolute atomic E-state index is 14.4. The maximum atomic E-state index is 14.4. The van der Waals surface area contributed by atoms with Crippen molar-refractivity contribution in [2.45, 2.75) is 40.0 Å². The topological polar surface area (TPSA) is 0 Å². The molecule has 0 N–H and O–H groups in total. The Morgan fingerprint density at radius 1 is 1.11 bits per heavy atom. The van der Waals surface area contributed by atoms with E-state index >= 15 is 0 Å². The first-order chi connectivity index (χ1) is 12.9. The van der Waals surface area contributed by atoms with E-state index in [0.29, 0.717) is 23.5 Å². The molecule has 2 rings (SSSR count). The third kappa shape index (κ3) is 6.32. The van der Waals surface area contributed by atoms with Crippen molar-refractivity contribution in [1.82, 2.24) is 0 Å². The molecule has 142 valence electrons. The maximum Gasteiger partial charge on any atom is 0.131 e. The molecule has 2 heteroatoms. The van der Waals surface area contributed by atoms with Crippen LogP contribution in [0.15, 0.2) is 78.4 Å². The second-order valence-corrected chi connectivity index (χ2v) is 7.10. The van der Waals surface area contributed by atoms with E-state index in [9.17, 15) is 8.78 Å². The second-order valence-electron chi connectivity index (χ2n) is 7.10. The van der Waals surface area contributed by atoms with Crippen LogP contribution in [-0.2, 0) is 6.42 Å². The molecule has 0 spiro atoms. The summed E-state index contributed by atoms with van der Waals surface area (Å²) in [5.41, 5.74) is 4.39. The molecule has 0 saturated heterocycles. The lowest BCUT2D eigenvalue weighted by molar-refractivity contribution is 0.597. The van der Waals surface area contributed by atoms with Crippen LogP contribution in [0.3, 0.4) is 0 Å². The minimum atomic E-state index is -0.435. The molecule has 0 aliphatic carbocycles. The number of rotatable bonds is 8. The van der Waals surface area contributed by atoms with Gasteiger partial charge in [0.25, 0.3) is 0 Å². The van der Waals surface area contributed by atoms with E-state index in [1.807, 2.05) is 37.3 Å². The fraction of sp³-hybridized carbons (Fsp3) is 0.280. The van der Waals surface area contributed by atoms with Crippen molar-refractivity contribution in [3.05, 3.63) is 101 Å². The lowest BCUT2D eigenvalue weighted by Gasteiger charge is -2.12. The minimum Gasteiger partial charge on any atom is -0.207 e. The van der Waals surface area contributed by atoms with Gasteiger partial charge in [0.2, 0.25) is 0 Å². The van der Waals surface area contributed by atoms with Crippen LogP contribution < -0.4 is 0 Å². The lowest BCUT2D eigenvalue weighted by Crippen LogP contribution is -1.97. The van der Waals surface area contributed by atoms with Gasteiger partial charge >= 0.3 is 0 Å². The summed E-state index contributed by atoms with van der Waals surface area (Å²) in [6.07, 6.45) is 6.31. The van der Waals surface area contributed by atoms with E-state index < -0.39 is 11.6 Å². The molecule has 1 unspecified atom stereocenters. The summed E-state index contributed by atoms with van der Waals surface area (Å²) in [6.45, 7) is 10.5. The summed E-state index contributed by atoms with van der Waals surface area (Å²) in [5.74, 6) is -0.461. The van der Waals surface area contributed by atoms with E-state index in [4.69, 9.17) is 0 Å². The van der Waals surface area contributed by atoms with E-state index in [-0.39, 0.29) is 0 Å². The standard InChI is InChI=1S/C25H28F2/c1-5-19(3)20(4)16-22(24-17-23(26)13-14-25(24)27)12-11-18(2)15-21-9-7-6-8-10-21/h6-10,12-14,16-17,19H,2,5,11,15H2,1,3-4H3. The van der Waals surface area contributed by atoms with E-state index in [2.05, 4.69) is 32.6 Å². The van der Waals surface area contributed by atoms with Crippen LogP contribution in [0.2, 0.25) is 0 Å². The zero-order valence-electron chi connectivity index (χ0n) is 16.4. The van der Waals surface area contributed by atoms with Crippen LogP contribution in [0.1, 0.15) is 44.7 Å². The number of allylic oxidation sites excluding steroid dienone is 5. The molecule has 2 aromatic carbocycles. The van der Waals surface area contributed by atoms with Gasteiger partial charge in [0, 0.05) is 5.56 Å². The Bertz CT molecular complexity index is 829. The first-order valence-corrected chi connectivity index (χ1v) is 9.45. The number of hydrogen-bond acceptors (Lipinski definition) is 0. The van der Waals surface area contributed by atoms with Crippen LogP contribution in [0.5, 0.6) is 0 Å². The quantitative estimate of drug-likeness (QED) is 0.334. The molecule has 0 radical (unpaired) electrons. The Kier molecular flexibility index (Phi) is 7.72. The Hall–Kier alpha value is -2.48. The fourth-order valence-electron chi connectivity index (χ4n) is 2.89. The Morgan fingerprint density at radius 2 is 1.81 bits per heavy atom. The van der Waals surface area contributed by atoms with Crippen molar-refractivity contribution < 1.29 is 8.78 Å². The van der Waals surface area contributed by atoms with E-state index in [1.165, 1.54) is 17.7 Å². The molecule has 0 nitrogen and oxygen atoms in total. The SMILES string of the molecule is C=C(CC=C(C=C(C)C(C)CC)c1cc(F)ccc1F)Cc1ccccc1. The third-order valence-corrected chi connectivity index (χ3v) is 4.92. The molecule has 0 fully saturated rings. The smallest absolute Gasteiger partial charge is 0.131 e. The van der Waals surface area contributed by atoms with Crippen molar-refractivity contribution in [2.24, 2.45) is 5.92 Å². The van der Waals surface area contributed by atoms with Crippen molar-refractivity contribution in [3.8, 4) is 0 Å². The highest BCUT2D eigenvalue weighted by Crippen LogP contribution is 2.26. The summed E-state index contributed by atoms with van der Waals surface area (Å²) >= 11 is 0. The molecular weight excluding hydrogens is 338 g/mol. The molecule has 2 aromatic rings. The zero-order chi connectivity index (χ0) is 19.8. The molecule has 1 atom stereocenters. The summed E-state index contributed by atoms with van der Waals surface area (Å²) in [4.78, 5) is 0. The van der Waals surface area contributed by atoms with Gasteiger partial charge in [0.15, 0.2) is 0 Å². The normalized spacial score (nSPS) is 13.5. The molecule has 0 aliphatic heterocycles. The van der Waals surface area contributed by atoms with Gasteiger partial charge < -0.3 is 0 Å². The Labute approximate surface area is 161 Å². The predicted molar refractivity (Wildman–Crippen MR) is 111 cm³/mol.